The van der Waals surface area contributed by atoms with Crippen molar-refractivity contribution in [2.24, 2.45) is 5.41 Å². The van der Waals surface area contributed by atoms with Gasteiger partial charge in [0.25, 0.3) is 0 Å². The smallest absolute Gasteiger partial charge is 0.207 e. The average molecular weight is 374 g/mol. The molecule has 5 heteroatoms. The van der Waals surface area contributed by atoms with Gasteiger partial charge in [-0.2, -0.15) is 4.31 Å². The Morgan fingerprint density at radius 2 is 1.62 bits per heavy atom. The van der Waals surface area contributed by atoms with Gasteiger partial charge >= 0.3 is 0 Å². The summed E-state index contributed by atoms with van der Waals surface area (Å²) in [5, 5.41) is 0.743. The second kappa shape index (κ2) is 6.80. The minimum Gasteiger partial charge on any atom is -0.207 e. The third kappa shape index (κ3) is 3.51. The van der Waals surface area contributed by atoms with Crippen LogP contribution in [0, 0.1) is 5.41 Å². The zero-order valence-corrected chi connectivity index (χ0v) is 15.2. The SMILES string of the molecule is CCC1(CC)CCN(S(=O)(=O)c2ccc(CBr)cc2)CC1. The lowest BCUT2D eigenvalue weighted by Crippen LogP contribution is -2.42. The number of alkyl halides is 1. The number of rotatable bonds is 5. The third-order valence-electron chi connectivity index (χ3n) is 5.00. The lowest BCUT2D eigenvalue weighted by atomic mass is 9.75. The predicted molar refractivity (Wildman–Crippen MR) is 90.1 cm³/mol. The van der Waals surface area contributed by atoms with Gasteiger partial charge in [0.1, 0.15) is 0 Å². The number of hydrogen-bond acceptors (Lipinski definition) is 2. The number of benzene rings is 1. The Balaban J connectivity index is 2.14. The van der Waals surface area contributed by atoms with Crippen LogP contribution in [0.3, 0.4) is 0 Å². The molecule has 0 saturated carbocycles. The van der Waals surface area contributed by atoms with Crippen molar-refractivity contribution in [1.29, 1.82) is 0 Å². The summed E-state index contributed by atoms with van der Waals surface area (Å²) in [6, 6.07) is 7.17. The van der Waals surface area contributed by atoms with Gasteiger partial charge in [-0.05, 0) is 36.0 Å². The summed E-state index contributed by atoms with van der Waals surface area (Å²) >= 11 is 3.38. The molecule has 0 aromatic heterocycles. The number of hydrogen-bond donors (Lipinski definition) is 0. The predicted octanol–water partition coefficient (Wildman–Crippen LogP) is 4.17. The Bertz CT molecular complexity index is 554. The Labute approximate surface area is 136 Å². The van der Waals surface area contributed by atoms with Gasteiger partial charge in [-0.25, -0.2) is 8.42 Å². The number of sulfonamides is 1. The van der Waals surface area contributed by atoms with Crippen molar-refractivity contribution < 1.29 is 8.42 Å². The molecule has 0 unspecified atom stereocenters. The molecule has 1 aromatic carbocycles. The second-order valence-electron chi connectivity index (χ2n) is 5.89. The largest absolute Gasteiger partial charge is 0.243 e. The summed E-state index contributed by atoms with van der Waals surface area (Å²) in [6.45, 7) is 5.72. The van der Waals surface area contributed by atoms with E-state index in [1.54, 1.807) is 16.4 Å². The molecule has 0 atom stereocenters. The van der Waals surface area contributed by atoms with Crippen molar-refractivity contribution in [2.45, 2.75) is 49.8 Å². The molecule has 1 aliphatic heterocycles. The van der Waals surface area contributed by atoms with Crippen LogP contribution >= 0.6 is 15.9 Å². The van der Waals surface area contributed by atoms with Crippen LogP contribution in [-0.4, -0.2) is 25.8 Å². The molecule has 1 saturated heterocycles. The Kier molecular flexibility index (Phi) is 5.49. The maximum Gasteiger partial charge on any atom is 0.243 e. The maximum absolute atomic E-state index is 12.7. The minimum absolute atomic E-state index is 0.339. The van der Waals surface area contributed by atoms with Crippen LogP contribution in [0.5, 0.6) is 0 Å². The van der Waals surface area contributed by atoms with Gasteiger partial charge in [-0.1, -0.05) is 54.8 Å². The minimum atomic E-state index is -3.34. The summed E-state index contributed by atoms with van der Waals surface area (Å²) in [4.78, 5) is 0.410. The van der Waals surface area contributed by atoms with Crippen LogP contribution in [0.1, 0.15) is 45.1 Å². The molecule has 21 heavy (non-hydrogen) atoms. The van der Waals surface area contributed by atoms with Crippen LogP contribution in [0.4, 0.5) is 0 Å². The van der Waals surface area contributed by atoms with E-state index in [0.717, 1.165) is 36.6 Å². The Morgan fingerprint density at radius 1 is 1.10 bits per heavy atom. The van der Waals surface area contributed by atoms with Crippen LogP contribution in [0.25, 0.3) is 0 Å². The molecule has 1 heterocycles. The number of halogens is 1. The number of nitrogens with zero attached hydrogens (tertiary/aromatic N) is 1. The van der Waals surface area contributed by atoms with E-state index in [4.69, 9.17) is 0 Å². The fourth-order valence-corrected chi connectivity index (χ4v) is 4.87. The molecule has 1 aromatic rings. The van der Waals surface area contributed by atoms with E-state index in [2.05, 4.69) is 29.8 Å². The quantitative estimate of drug-likeness (QED) is 0.726. The van der Waals surface area contributed by atoms with E-state index in [0.29, 0.717) is 23.4 Å². The third-order valence-corrected chi connectivity index (χ3v) is 7.56. The standard InChI is InChI=1S/C16H24BrNO2S/c1-3-16(4-2)9-11-18(12-10-16)21(19,20)15-7-5-14(13-17)6-8-15/h5-8H,3-4,9-13H2,1-2H3. The van der Waals surface area contributed by atoms with E-state index in [-0.39, 0.29) is 0 Å². The van der Waals surface area contributed by atoms with Crippen LogP contribution in [0.15, 0.2) is 29.2 Å². The fourth-order valence-electron chi connectivity index (χ4n) is 3.06. The Hall–Kier alpha value is -0.390. The van der Waals surface area contributed by atoms with Gasteiger partial charge in [0.2, 0.25) is 10.0 Å². The van der Waals surface area contributed by atoms with E-state index in [9.17, 15) is 8.42 Å². The summed E-state index contributed by atoms with van der Waals surface area (Å²) in [5.74, 6) is 0. The first-order chi connectivity index (χ1) is 9.97. The monoisotopic (exact) mass is 373 g/mol. The molecule has 1 aliphatic rings. The van der Waals surface area contributed by atoms with Crippen molar-refractivity contribution in [1.82, 2.24) is 4.31 Å². The summed E-state index contributed by atoms with van der Waals surface area (Å²) in [6.07, 6.45) is 4.21. The van der Waals surface area contributed by atoms with Crippen LogP contribution in [0.2, 0.25) is 0 Å². The highest BCUT2D eigenvalue weighted by atomic mass is 79.9. The molecule has 0 spiro atoms. The van der Waals surface area contributed by atoms with Crippen molar-refractivity contribution in [3.63, 3.8) is 0 Å². The lowest BCUT2D eigenvalue weighted by Gasteiger charge is -2.40. The van der Waals surface area contributed by atoms with Gasteiger partial charge in [0.15, 0.2) is 0 Å². The lowest BCUT2D eigenvalue weighted by molar-refractivity contribution is 0.141. The molecule has 0 amide bonds. The summed E-state index contributed by atoms with van der Waals surface area (Å²) in [5.41, 5.74) is 1.43. The van der Waals surface area contributed by atoms with Gasteiger partial charge in [-0.15, -0.1) is 0 Å². The van der Waals surface area contributed by atoms with Crippen molar-refractivity contribution in [3.8, 4) is 0 Å². The topological polar surface area (TPSA) is 37.4 Å². The van der Waals surface area contributed by atoms with Gasteiger partial charge < -0.3 is 0 Å². The molecule has 2 rings (SSSR count). The molecular weight excluding hydrogens is 350 g/mol. The van der Waals surface area contributed by atoms with Crippen LogP contribution in [-0.2, 0) is 15.4 Å². The molecule has 1 fully saturated rings. The first-order valence-electron chi connectivity index (χ1n) is 7.62. The number of piperidine rings is 1. The van der Waals surface area contributed by atoms with Gasteiger partial charge in [-0.3, -0.25) is 0 Å². The van der Waals surface area contributed by atoms with Gasteiger partial charge in [0, 0.05) is 18.4 Å². The normalized spacial score (nSPS) is 19.6. The zero-order chi connectivity index (χ0) is 15.5. The highest BCUT2D eigenvalue weighted by Gasteiger charge is 2.36. The average Bonchev–Trinajstić information content (AvgIpc) is 2.55. The van der Waals surface area contributed by atoms with E-state index in [1.807, 2.05) is 12.1 Å². The van der Waals surface area contributed by atoms with Crippen molar-refractivity contribution in [2.75, 3.05) is 13.1 Å². The fraction of sp³-hybridized carbons (Fsp3) is 0.625. The Morgan fingerprint density at radius 3 is 2.05 bits per heavy atom. The summed E-state index contributed by atoms with van der Waals surface area (Å²) in [7, 11) is -3.34. The maximum atomic E-state index is 12.7. The van der Waals surface area contributed by atoms with Crippen molar-refractivity contribution in [3.05, 3.63) is 29.8 Å². The molecule has 0 aliphatic carbocycles. The van der Waals surface area contributed by atoms with E-state index < -0.39 is 10.0 Å². The van der Waals surface area contributed by atoms with E-state index in [1.165, 1.54) is 0 Å². The first-order valence-corrected chi connectivity index (χ1v) is 10.2. The van der Waals surface area contributed by atoms with Gasteiger partial charge in [0.05, 0.1) is 4.90 Å². The molecular formula is C16H24BrNO2S. The zero-order valence-electron chi connectivity index (χ0n) is 12.8. The summed E-state index contributed by atoms with van der Waals surface area (Å²) < 4.78 is 27.0. The molecule has 3 nitrogen and oxygen atoms in total. The molecule has 0 N–H and O–H groups in total. The highest BCUT2D eigenvalue weighted by Crippen LogP contribution is 2.39. The van der Waals surface area contributed by atoms with E-state index >= 15 is 0 Å². The van der Waals surface area contributed by atoms with Crippen LogP contribution < -0.4 is 0 Å². The highest BCUT2D eigenvalue weighted by molar-refractivity contribution is 9.08. The second-order valence-corrected chi connectivity index (χ2v) is 8.39. The molecule has 118 valence electrons. The first kappa shape index (κ1) is 17.0. The molecule has 0 bridgehead atoms. The molecule has 0 radical (unpaired) electrons. The van der Waals surface area contributed by atoms with Crippen molar-refractivity contribution >= 4 is 26.0 Å².